The van der Waals surface area contributed by atoms with Crippen molar-refractivity contribution in [3.63, 3.8) is 0 Å². The SMILES string of the molecule is C[C@@H](c1ccccc1)[NH+](C)CC(=O)Nc1ccccc1Cl. The fourth-order valence-corrected chi connectivity index (χ4v) is 2.37. The van der Waals surface area contributed by atoms with E-state index in [4.69, 9.17) is 11.6 Å². The zero-order valence-corrected chi connectivity index (χ0v) is 13.0. The molecule has 0 bridgehead atoms. The second kappa shape index (κ2) is 7.25. The largest absolute Gasteiger partial charge is 0.324 e. The first-order valence-electron chi connectivity index (χ1n) is 6.99. The Hall–Kier alpha value is -1.84. The highest BCUT2D eigenvalue weighted by molar-refractivity contribution is 6.33. The van der Waals surface area contributed by atoms with Crippen LogP contribution in [0.25, 0.3) is 0 Å². The van der Waals surface area contributed by atoms with E-state index in [9.17, 15) is 4.79 Å². The van der Waals surface area contributed by atoms with E-state index in [0.717, 1.165) is 4.90 Å². The summed E-state index contributed by atoms with van der Waals surface area (Å²) in [6.07, 6.45) is 0. The maximum absolute atomic E-state index is 12.1. The second-order valence-corrected chi connectivity index (χ2v) is 5.59. The van der Waals surface area contributed by atoms with Gasteiger partial charge in [-0.15, -0.1) is 0 Å². The van der Waals surface area contributed by atoms with Crippen LogP contribution in [0.2, 0.25) is 5.02 Å². The monoisotopic (exact) mass is 303 g/mol. The van der Waals surface area contributed by atoms with E-state index in [2.05, 4.69) is 24.4 Å². The Bertz CT molecular complexity index is 601. The predicted octanol–water partition coefficient (Wildman–Crippen LogP) is 2.55. The highest BCUT2D eigenvalue weighted by atomic mass is 35.5. The Kier molecular flexibility index (Phi) is 5.37. The molecule has 2 aromatic rings. The van der Waals surface area contributed by atoms with Gasteiger partial charge in [-0.25, -0.2) is 0 Å². The molecule has 1 amide bonds. The van der Waals surface area contributed by atoms with E-state index in [0.29, 0.717) is 17.3 Å². The minimum atomic E-state index is -0.0385. The molecule has 1 unspecified atom stereocenters. The summed E-state index contributed by atoms with van der Waals surface area (Å²) in [5.74, 6) is -0.0385. The standard InChI is InChI=1S/C17H19ClN2O/c1-13(14-8-4-3-5-9-14)20(2)12-17(21)19-16-11-7-6-10-15(16)18/h3-11,13H,12H2,1-2H3,(H,19,21)/p+1/t13-/m0/s1. The van der Waals surface area contributed by atoms with Crippen molar-refractivity contribution in [2.24, 2.45) is 0 Å². The van der Waals surface area contributed by atoms with Crippen molar-refractivity contribution >= 4 is 23.2 Å². The molecule has 4 heteroatoms. The van der Waals surface area contributed by atoms with Crippen molar-refractivity contribution in [2.45, 2.75) is 13.0 Å². The van der Waals surface area contributed by atoms with Crippen LogP contribution in [-0.2, 0) is 4.79 Å². The predicted molar refractivity (Wildman–Crippen MR) is 86.7 cm³/mol. The zero-order valence-electron chi connectivity index (χ0n) is 12.3. The first kappa shape index (κ1) is 15.5. The maximum atomic E-state index is 12.1. The third-order valence-electron chi connectivity index (χ3n) is 3.63. The molecule has 0 aliphatic heterocycles. The molecule has 21 heavy (non-hydrogen) atoms. The molecule has 0 aromatic heterocycles. The Balaban J connectivity index is 1.95. The molecule has 0 radical (unpaired) electrons. The lowest BCUT2D eigenvalue weighted by atomic mass is 10.1. The van der Waals surface area contributed by atoms with E-state index in [1.807, 2.05) is 37.4 Å². The van der Waals surface area contributed by atoms with Crippen LogP contribution in [-0.4, -0.2) is 19.5 Å². The van der Waals surface area contributed by atoms with Gasteiger partial charge < -0.3 is 10.2 Å². The highest BCUT2D eigenvalue weighted by Gasteiger charge is 2.18. The van der Waals surface area contributed by atoms with Crippen molar-refractivity contribution in [3.8, 4) is 0 Å². The van der Waals surface area contributed by atoms with Gasteiger partial charge in [-0.05, 0) is 19.1 Å². The molecule has 0 saturated heterocycles. The number of benzene rings is 2. The molecule has 0 heterocycles. The van der Waals surface area contributed by atoms with Crippen molar-refractivity contribution in [2.75, 3.05) is 18.9 Å². The number of carbonyl (C=O) groups excluding carboxylic acids is 1. The number of anilines is 1. The number of quaternary nitrogens is 1. The van der Waals surface area contributed by atoms with Gasteiger partial charge in [-0.1, -0.05) is 54.1 Å². The quantitative estimate of drug-likeness (QED) is 0.874. The molecule has 2 N–H and O–H groups in total. The summed E-state index contributed by atoms with van der Waals surface area (Å²) in [7, 11) is 2.02. The van der Waals surface area contributed by atoms with Crippen molar-refractivity contribution < 1.29 is 9.69 Å². The van der Waals surface area contributed by atoms with Gasteiger partial charge in [0.2, 0.25) is 0 Å². The van der Waals surface area contributed by atoms with Crippen LogP contribution in [0.4, 0.5) is 5.69 Å². The number of likely N-dealkylation sites (N-methyl/N-ethyl adjacent to an activating group) is 1. The number of para-hydroxylation sites is 1. The molecule has 0 fully saturated rings. The van der Waals surface area contributed by atoms with Gasteiger partial charge >= 0.3 is 0 Å². The summed E-state index contributed by atoms with van der Waals surface area (Å²) in [5.41, 5.74) is 1.88. The topological polar surface area (TPSA) is 33.5 Å². The summed E-state index contributed by atoms with van der Waals surface area (Å²) in [4.78, 5) is 13.3. The maximum Gasteiger partial charge on any atom is 0.279 e. The number of amides is 1. The molecule has 110 valence electrons. The van der Waals surface area contributed by atoms with Gasteiger partial charge in [0.25, 0.3) is 5.91 Å². The fourth-order valence-electron chi connectivity index (χ4n) is 2.19. The van der Waals surface area contributed by atoms with Gasteiger partial charge in [-0.2, -0.15) is 0 Å². The normalized spacial score (nSPS) is 13.5. The molecule has 2 rings (SSSR count). The third kappa shape index (κ3) is 4.31. The molecule has 2 atom stereocenters. The lowest BCUT2D eigenvalue weighted by molar-refractivity contribution is -0.902. The van der Waals surface area contributed by atoms with Crippen LogP contribution in [0.1, 0.15) is 18.5 Å². The number of carbonyl (C=O) groups is 1. The van der Waals surface area contributed by atoms with Crippen molar-refractivity contribution in [1.82, 2.24) is 0 Å². The number of hydrogen-bond acceptors (Lipinski definition) is 1. The highest BCUT2D eigenvalue weighted by Crippen LogP contribution is 2.19. The van der Waals surface area contributed by atoms with Crippen LogP contribution < -0.4 is 10.2 Å². The molecule has 3 nitrogen and oxygen atoms in total. The average Bonchev–Trinajstić information content (AvgIpc) is 2.49. The Morgan fingerprint density at radius 1 is 1.14 bits per heavy atom. The lowest BCUT2D eigenvalue weighted by Crippen LogP contribution is -3.10. The van der Waals surface area contributed by atoms with E-state index in [-0.39, 0.29) is 11.9 Å². The van der Waals surface area contributed by atoms with Crippen LogP contribution in [0.5, 0.6) is 0 Å². The zero-order chi connectivity index (χ0) is 15.2. The van der Waals surface area contributed by atoms with E-state index in [1.54, 1.807) is 12.1 Å². The molecular weight excluding hydrogens is 284 g/mol. The Morgan fingerprint density at radius 2 is 1.76 bits per heavy atom. The summed E-state index contributed by atoms with van der Waals surface area (Å²) < 4.78 is 0. The number of rotatable bonds is 5. The Labute approximate surface area is 130 Å². The minimum absolute atomic E-state index is 0.0385. The number of halogens is 1. The van der Waals surface area contributed by atoms with Gasteiger partial charge in [0, 0.05) is 5.56 Å². The van der Waals surface area contributed by atoms with Crippen LogP contribution in [0.3, 0.4) is 0 Å². The van der Waals surface area contributed by atoms with Gasteiger partial charge in [0.1, 0.15) is 6.04 Å². The number of nitrogens with one attached hydrogen (secondary N) is 2. The first-order valence-corrected chi connectivity index (χ1v) is 7.37. The smallest absolute Gasteiger partial charge is 0.279 e. The summed E-state index contributed by atoms with van der Waals surface area (Å²) in [6, 6.07) is 17.7. The van der Waals surface area contributed by atoms with Crippen LogP contribution in [0, 0.1) is 0 Å². The van der Waals surface area contributed by atoms with Crippen molar-refractivity contribution in [1.29, 1.82) is 0 Å². The van der Waals surface area contributed by atoms with E-state index < -0.39 is 0 Å². The summed E-state index contributed by atoms with van der Waals surface area (Å²) in [5, 5.41) is 3.41. The third-order valence-corrected chi connectivity index (χ3v) is 3.96. The molecule has 0 aliphatic carbocycles. The van der Waals surface area contributed by atoms with Gasteiger partial charge in [-0.3, -0.25) is 4.79 Å². The molecular formula is C17H20ClN2O+. The minimum Gasteiger partial charge on any atom is -0.324 e. The van der Waals surface area contributed by atoms with Gasteiger partial charge in [0.05, 0.1) is 17.8 Å². The summed E-state index contributed by atoms with van der Waals surface area (Å²) >= 11 is 6.04. The molecule has 0 saturated carbocycles. The van der Waals surface area contributed by atoms with Crippen LogP contribution >= 0.6 is 11.6 Å². The fraction of sp³-hybridized carbons (Fsp3) is 0.235. The molecule has 2 aromatic carbocycles. The lowest BCUT2D eigenvalue weighted by Gasteiger charge is -2.21. The molecule has 0 aliphatic rings. The average molecular weight is 304 g/mol. The first-order chi connectivity index (χ1) is 10.1. The number of hydrogen-bond donors (Lipinski definition) is 2. The summed E-state index contributed by atoms with van der Waals surface area (Å²) in [6.45, 7) is 2.51. The van der Waals surface area contributed by atoms with E-state index >= 15 is 0 Å². The van der Waals surface area contributed by atoms with Gasteiger partial charge in [0.15, 0.2) is 6.54 Å². The van der Waals surface area contributed by atoms with Crippen LogP contribution in [0.15, 0.2) is 54.6 Å². The van der Waals surface area contributed by atoms with Crippen molar-refractivity contribution in [3.05, 3.63) is 65.2 Å². The Morgan fingerprint density at radius 3 is 2.43 bits per heavy atom. The van der Waals surface area contributed by atoms with E-state index in [1.165, 1.54) is 5.56 Å². The molecule has 0 spiro atoms. The second-order valence-electron chi connectivity index (χ2n) is 5.18.